The third-order valence-electron chi connectivity index (χ3n) is 5.93. The zero-order valence-electron chi connectivity index (χ0n) is 15.8. The van der Waals surface area contributed by atoms with E-state index in [9.17, 15) is 19.2 Å². The molecule has 0 spiro atoms. The molecule has 1 aliphatic carbocycles. The van der Waals surface area contributed by atoms with E-state index in [-0.39, 0.29) is 30.2 Å². The first-order chi connectivity index (χ1) is 13.3. The van der Waals surface area contributed by atoms with Gasteiger partial charge in [-0.25, -0.2) is 0 Å². The van der Waals surface area contributed by atoms with E-state index >= 15 is 0 Å². The number of hydrogen-bond donors (Lipinski definition) is 3. The monoisotopic (exact) mass is 384 g/mol. The molecule has 4 amide bonds. The maximum Gasteiger partial charge on any atom is 0.262 e. The van der Waals surface area contributed by atoms with Crippen molar-refractivity contribution in [2.45, 2.75) is 51.2 Å². The summed E-state index contributed by atoms with van der Waals surface area (Å²) in [4.78, 5) is 50.4. The first-order valence-corrected chi connectivity index (χ1v) is 9.59. The number of nitrogens with two attached hydrogens (primary N) is 1. The van der Waals surface area contributed by atoms with Gasteiger partial charge in [-0.1, -0.05) is 19.1 Å². The molecule has 2 fully saturated rings. The molecule has 8 nitrogen and oxygen atoms in total. The highest BCUT2D eigenvalue weighted by atomic mass is 16.2. The second-order valence-electron chi connectivity index (χ2n) is 8.37. The normalized spacial score (nSPS) is 29.6. The van der Waals surface area contributed by atoms with Gasteiger partial charge < -0.3 is 11.1 Å². The van der Waals surface area contributed by atoms with Crippen molar-refractivity contribution in [3.8, 4) is 0 Å². The lowest BCUT2D eigenvalue weighted by Gasteiger charge is -2.43. The molecular formula is C20H24N4O4. The average Bonchev–Trinajstić information content (AvgIpc) is 2.86. The Morgan fingerprint density at radius 3 is 2.64 bits per heavy atom. The van der Waals surface area contributed by atoms with Crippen LogP contribution in [-0.4, -0.2) is 47.2 Å². The number of amides is 4. The highest BCUT2D eigenvalue weighted by Gasteiger charge is 2.45. The minimum atomic E-state index is -0.943. The van der Waals surface area contributed by atoms with Gasteiger partial charge in [0.2, 0.25) is 11.8 Å². The SMILES string of the molecule is CC1(CNCc2cccc3c2C(=O)N(C2CCC(=O)NC2=O)C3=O)CC(N)C1. The lowest BCUT2D eigenvalue weighted by molar-refractivity contribution is -0.136. The fourth-order valence-electron chi connectivity index (χ4n) is 4.58. The molecule has 1 aromatic carbocycles. The first-order valence-electron chi connectivity index (χ1n) is 9.59. The summed E-state index contributed by atoms with van der Waals surface area (Å²) in [6.07, 6.45) is 2.20. The molecular weight excluding hydrogens is 360 g/mol. The molecule has 2 heterocycles. The number of carbonyl (C=O) groups is 4. The summed E-state index contributed by atoms with van der Waals surface area (Å²) in [5.74, 6) is -1.93. The zero-order valence-corrected chi connectivity index (χ0v) is 15.8. The standard InChI is InChI=1S/C20H24N4O4/c1-20(7-12(21)8-20)10-22-9-11-3-2-4-13-16(11)19(28)24(18(13)27)14-5-6-15(25)23-17(14)26/h2-4,12,14,22H,5-10,21H2,1H3,(H,23,25,26). The number of fused-ring (bicyclic) bond motifs is 1. The number of imide groups is 2. The largest absolute Gasteiger partial charge is 0.328 e. The second-order valence-corrected chi connectivity index (χ2v) is 8.37. The number of piperidine rings is 1. The van der Waals surface area contributed by atoms with Gasteiger partial charge in [-0.15, -0.1) is 0 Å². The maximum atomic E-state index is 13.0. The van der Waals surface area contributed by atoms with Crippen LogP contribution in [-0.2, 0) is 16.1 Å². The predicted octanol–water partition coefficient (Wildman–Crippen LogP) is 0.305. The van der Waals surface area contributed by atoms with Crippen LogP contribution >= 0.6 is 0 Å². The second kappa shape index (κ2) is 6.79. The molecule has 4 rings (SSSR count). The van der Waals surface area contributed by atoms with Crippen LogP contribution in [0.2, 0.25) is 0 Å². The zero-order chi connectivity index (χ0) is 20.1. The lowest BCUT2D eigenvalue weighted by atomic mass is 9.67. The Hall–Kier alpha value is -2.58. The van der Waals surface area contributed by atoms with Gasteiger partial charge in [-0.3, -0.25) is 29.4 Å². The minimum Gasteiger partial charge on any atom is -0.328 e. The summed E-state index contributed by atoms with van der Waals surface area (Å²) >= 11 is 0. The fraction of sp³-hybridized carbons (Fsp3) is 0.500. The van der Waals surface area contributed by atoms with Gasteiger partial charge in [0.1, 0.15) is 6.04 Å². The van der Waals surface area contributed by atoms with E-state index in [0.717, 1.165) is 29.8 Å². The van der Waals surface area contributed by atoms with E-state index in [0.29, 0.717) is 17.7 Å². The Kier molecular flexibility index (Phi) is 4.55. The number of hydrogen-bond acceptors (Lipinski definition) is 6. The third kappa shape index (κ3) is 3.12. The van der Waals surface area contributed by atoms with Crippen LogP contribution in [0.25, 0.3) is 0 Å². The Morgan fingerprint density at radius 1 is 1.21 bits per heavy atom. The van der Waals surface area contributed by atoms with Crippen molar-refractivity contribution < 1.29 is 19.2 Å². The van der Waals surface area contributed by atoms with Crippen molar-refractivity contribution >= 4 is 23.6 Å². The van der Waals surface area contributed by atoms with E-state index < -0.39 is 23.8 Å². The van der Waals surface area contributed by atoms with E-state index in [4.69, 9.17) is 5.73 Å². The van der Waals surface area contributed by atoms with E-state index in [2.05, 4.69) is 17.6 Å². The first kappa shape index (κ1) is 18.8. The van der Waals surface area contributed by atoms with Gasteiger partial charge in [0.05, 0.1) is 11.1 Å². The van der Waals surface area contributed by atoms with Gasteiger partial charge >= 0.3 is 0 Å². The molecule has 1 atom stereocenters. The minimum absolute atomic E-state index is 0.110. The molecule has 1 unspecified atom stereocenters. The Labute approximate surface area is 162 Å². The lowest BCUT2D eigenvalue weighted by Crippen LogP contribution is -2.54. The molecule has 0 aromatic heterocycles. The van der Waals surface area contributed by atoms with Crippen LogP contribution in [0.15, 0.2) is 18.2 Å². The predicted molar refractivity (Wildman–Crippen MR) is 100 cm³/mol. The van der Waals surface area contributed by atoms with Crippen molar-refractivity contribution in [1.29, 1.82) is 0 Å². The van der Waals surface area contributed by atoms with Gasteiger partial charge in [0.25, 0.3) is 11.8 Å². The van der Waals surface area contributed by atoms with Crippen molar-refractivity contribution in [3.05, 3.63) is 34.9 Å². The molecule has 3 aliphatic rings. The molecule has 1 aromatic rings. The molecule has 4 N–H and O–H groups in total. The van der Waals surface area contributed by atoms with Gasteiger partial charge in [0.15, 0.2) is 0 Å². The van der Waals surface area contributed by atoms with E-state index in [1.54, 1.807) is 12.1 Å². The van der Waals surface area contributed by atoms with Crippen molar-refractivity contribution in [3.63, 3.8) is 0 Å². The fourth-order valence-corrected chi connectivity index (χ4v) is 4.58. The van der Waals surface area contributed by atoms with E-state index in [1.165, 1.54) is 0 Å². The average molecular weight is 384 g/mol. The maximum absolute atomic E-state index is 13.0. The van der Waals surface area contributed by atoms with Crippen LogP contribution < -0.4 is 16.4 Å². The number of carbonyl (C=O) groups excluding carboxylic acids is 4. The molecule has 2 aliphatic heterocycles. The summed E-state index contributed by atoms with van der Waals surface area (Å²) in [5, 5.41) is 5.59. The number of benzene rings is 1. The van der Waals surface area contributed by atoms with Crippen LogP contribution in [0.4, 0.5) is 0 Å². The number of rotatable bonds is 5. The summed E-state index contributed by atoms with van der Waals surface area (Å²) in [5.41, 5.74) is 7.44. The van der Waals surface area contributed by atoms with Gasteiger partial charge in [-0.2, -0.15) is 0 Å². The van der Waals surface area contributed by atoms with Crippen LogP contribution in [0, 0.1) is 5.41 Å². The third-order valence-corrected chi connectivity index (χ3v) is 5.93. The molecule has 28 heavy (non-hydrogen) atoms. The van der Waals surface area contributed by atoms with E-state index in [1.807, 2.05) is 6.07 Å². The highest BCUT2D eigenvalue weighted by Crippen LogP contribution is 2.39. The van der Waals surface area contributed by atoms with Crippen molar-refractivity contribution in [2.24, 2.45) is 11.1 Å². The number of nitrogens with one attached hydrogen (secondary N) is 2. The van der Waals surface area contributed by atoms with Crippen LogP contribution in [0.5, 0.6) is 0 Å². The summed E-state index contributed by atoms with van der Waals surface area (Å²) in [6.45, 7) is 3.41. The molecule has 0 bridgehead atoms. The highest BCUT2D eigenvalue weighted by molar-refractivity contribution is 6.24. The molecule has 148 valence electrons. The summed E-state index contributed by atoms with van der Waals surface area (Å²) < 4.78 is 0. The van der Waals surface area contributed by atoms with Crippen molar-refractivity contribution in [1.82, 2.24) is 15.5 Å². The molecule has 8 heteroatoms. The quantitative estimate of drug-likeness (QED) is 0.628. The Bertz CT molecular complexity index is 875. The van der Waals surface area contributed by atoms with Gasteiger partial charge in [-0.05, 0) is 36.3 Å². The molecule has 1 saturated carbocycles. The topological polar surface area (TPSA) is 122 Å². The van der Waals surface area contributed by atoms with Gasteiger partial charge in [0, 0.05) is 25.6 Å². The van der Waals surface area contributed by atoms with Crippen molar-refractivity contribution in [2.75, 3.05) is 6.54 Å². The Morgan fingerprint density at radius 2 is 1.96 bits per heavy atom. The van der Waals surface area contributed by atoms with Crippen LogP contribution in [0.3, 0.4) is 0 Å². The molecule has 0 radical (unpaired) electrons. The van der Waals surface area contributed by atoms with Crippen LogP contribution in [0.1, 0.15) is 58.9 Å². The number of nitrogens with zero attached hydrogens (tertiary/aromatic N) is 1. The Balaban J connectivity index is 1.51. The smallest absolute Gasteiger partial charge is 0.262 e. The molecule has 1 saturated heterocycles. The summed E-state index contributed by atoms with van der Waals surface area (Å²) in [7, 11) is 0. The summed E-state index contributed by atoms with van der Waals surface area (Å²) in [6, 6.07) is 4.49.